The molecular formula is C24H29N5O2S. The minimum atomic E-state index is -0.116. The van der Waals surface area contributed by atoms with E-state index in [1.54, 1.807) is 0 Å². The van der Waals surface area contributed by atoms with E-state index in [9.17, 15) is 9.59 Å². The Morgan fingerprint density at radius 2 is 1.97 bits per heavy atom. The minimum absolute atomic E-state index is 0.0972. The number of aromatic nitrogens is 4. The van der Waals surface area contributed by atoms with E-state index in [-0.39, 0.29) is 11.7 Å². The van der Waals surface area contributed by atoms with Gasteiger partial charge in [-0.25, -0.2) is 0 Å². The van der Waals surface area contributed by atoms with E-state index >= 15 is 0 Å². The summed E-state index contributed by atoms with van der Waals surface area (Å²) >= 11 is 1.41. The molecule has 2 heterocycles. The number of nitrogens with zero attached hydrogens (tertiary/aromatic N) is 4. The zero-order valence-electron chi connectivity index (χ0n) is 19.0. The molecule has 7 nitrogen and oxygen atoms in total. The summed E-state index contributed by atoms with van der Waals surface area (Å²) in [6, 6.07) is 9.64. The normalized spacial score (nSPS) is 13.4. The highest BCUT2D eigenvalue weighted by atomic mass is 32.2. The molecule has 0 unspecified atom stereocenters. The van der Waals surface area contributed by atoms with Crippen LogP contribution in [0, 0.1) is 13.8 Å². The molecule has 0 atom stereocenters. The van der Waals surface area contributed by atoms with E-state index in [1.165, 1.54) is 18.7 Å². The molecule has 3 aromatic rings. The molecule has 1 aliphatic carbocycles. The van der Waals surface area contributed by atoms with Gasteiger partial charge in [0.15, 0.2) is 10.9 Å². The Kier molecular flexibility index (Phi) is 6.50. The third-order valence-electron chi connectivity index (χ3n) is 5.68. The summed E-state index contributed by atoms with van der Waals surface area (Å²) in [7, 11) is 0. The van der Waals surface area contributed by atoms with Crippen molar-refractivity contribution in [3.63, 3.8) is 0 Å². The van der Waals surface area contributed by atoms with E-state index < -0.39 is 0 Å². The lowest BCUT2D eigenvalue weighted by molar-refractivity contribution is -0.114. The van der Waals surface area contributed by atoms with E-state index in [0.29, 0.717) is 16.8 Å². The molecule has 1 aliphatic rings. The second-order valence-electron chi connectivity index (χ2n) is 8.33. The predicted octanol–water partition coefficient (Wildman–Crippen LogP) is 4.91. The monoisotopic (exact) mass is 451 g/mol. The summed E-state index contributed by atoms with van der Waals surface area (Å²) in [5, 5.41) is 12.4. The number of aryl methyl sites for hydroxylation is 1. The smallest absolute Gasteiger partial charge is 0.221 e. The van der Waals surface area contributed by atoms with Gasteiger partial charge in [0, 0.05) is 42.0 Å². The number of Topliss-reactive ketones (excluding diaryl/α,β-unsaturated/α-hetero) is 1. The maximum Gasteiger partial charge on any atom is 0.221 e. The van der Waals surface area contributed by atoms with Gasteiger partial charge < -0.3 is 9.88 Å². The largest absolute Gasteiger partial charge is 0.348 e. The third kappa shape index (κ3) is 4.65. The van der Waals surface area contributed by atoms with Crippen LogP contribution in [0.15, 0.2) is 35.5 Å². The number of anilines is 1. The quantitative estimate of drug-likeness (QED) is 0.369. The summed E-state index contributed by atoms with van der Waals surface area (Å²) in [5.41, 5.74) is 4.54. The predicted molar refractivity (Wildman–Crippen MR) is 127 cm³/mol. The fourth-order valence-corrected chi connectivity index (χ4v) is 4.85. The number of hydrogen-bond acceptors (Lipinski definition) is 5. The van der Waals surface area contributed by atoms with Gasteiger partial charge in [0.05, 0.1) is 11.4 Å². The Morgan fingerprint density at radius 3 is 2.66 bits per heavy atom. The molecule has 0 bridgehead atoms. The topological polar surface area (TPSA) is 81.8 Å². The molecule has 0 radical (unpaired) electrons. The van der Waals surface area contributed by atoms with Crippen LogP contribution < -0.4 is 5.32 Å². The fourth-order valence-electron chi connectivity index (χ4n) is 4.01. The molecule has 1 amide bonds. The molecule has 0 spiro atoms. The van der Waals surface area contributed by atoms with Crippen LogP contribution in [0.5, 0.6) is 0 Å². The van der Waals surface area contributed by atoms with E-state index in [4.69, 9.17) is 0 Å². The van der Waals surface area contributed by atoms with Crippen molar-refractivity contribution in [1.29, 1.82) is 0 Å². The molecular weight excluding hydrogens is 422 g/mol. The molecule has 0 saturated heterocycles. The summed E-state index contributed by atoms with van der Waals surface area (Å²) in [4.78, 5) is 24.5. The molecule has 2 aromatic heterocycles. The number of thioether (sulfide) groups is 1. The van der Waals surface area contributed by atoms with Gasteiger partial charge in [-0.1, -0.05) is 24.8 Å². The lowest BCUT2D eigenvalue weighted by Gasteiger charge is -2.12. The molecule has 1 saturated carbocycles. The first-order valence-electron chi connectivity index (χ1n) is 11.0. The van der Waals surface area contributed by atoms with E-state index in [1.807, 2.05) is 48.7 Å². The number of carbonyl (C=O) groups is 2. The fraction of sp³-hybridized carbons (Fsp3) is 0.417. The lowest BCUT2D eigenvalue weighted by atomic mass is 10.2. The lowest BCUT2D eigenvalue weighted by Crippen LogP contribution is -2.09. The molecule has 168 valence electrons. The van der Waals surface area contributed by atoms with Crippen molar-refractivity contribution in [2.75, 3.05) is 11.1 Å². The van der Waals surface area contributed by atoms with Crippen molar-refractivity contribution >= 4 is 29.1 Å². The number of ketones is 1. The van der Waals surface area contributed by atoms with Crippen molar-refractivity contribution in [2.24, 2.45) is 0 Å². The first kappa shape index (κ1) is 22.3. The standard InChI is InChI=1S/C24H29N5O2S/c1-5-11-28-15(2)12-21(16(28)3)22(31)14-32-24-27-26-23(18-9-10-18)29(24)20-8-6-7-19(13-20)25-17(4)30/h6-8,12-13,18H,5,9-11,14H2,1-4H3,(H,25,30). The number of amides is 1. The molecule has 1 N–H and O–H groups in total. The molecule has 32 heavy (non-hydrogen) atoms. The highest BCUT2D eigenvalue weighted by molar-refractivity contribution is 7.99. The zero-order valence-corrected chi connectivity index (χ0v) is 19.8. The van der Waals surface area contributed by atoms with Gasteiger partial charge >= 0.3 is 0 Å². The molecule has 0 aliphatic heterocycles. The second kappa shape index (κ2) is 9.32. The molecule has 8 heteroatoms. The van der Waals surface area contributed by atoms with Crippen LogP contribution in [0.4, 0.5) is 5.69 Å². The van der Waals surface area contributed by atoms with Gasteiger partial charge in [-0.2, -0.15) is 0 Å². The number of rotatable bonds is 9. The maximum atomic E-state index is 13.0. The van der Waals surface area contributed by atoms with E-state index in [0.717, 1.165) is 60.0 Å². The van der Waals surface area contributed by atoms with E-state index in [2.05, 4.69) is 27.0 Å². The Hall–Kier alpha value is -2.87. The van der Waals surface area contributed by atoms with Crippen LogP contribution in [0.3, 0.4) is 0 Å². The Balaban J connectivity index is 1.59. The highest BCUT2D eigenvalue weighted by Crippen LogP contribution is 2.41. The number of benzene rings is 1. The van der Waals surface area contributed by atoms with Crippen molar-refractivity contribution in [3.05, 3.63) is 53.1 Å². The summed E-state index contributed by atoms with van der Waals surface area (Å²) in [6.07, 6.45) is 3.22. The van der Waals surface area contributed by atoms with Crippen LogP contribution in [0.25, 0.3) is 5.69 Å². The van der Waals surface area contributed by atoms with Crippen LogP contribution >= 0.6 is 11.8 Å². The van der Waals surface area contributed by atoms with Gasteiger partial charge in [-0.3, -0.25) is 14.2 Å². The Morgan fingerprint density at radius 1 is 1.19 bits per heavy atom. The van der Waals surface area contributed by atoms with Crippen LogP contribution in [0.1, 0.15) is 66.6 Å². The van der Waals surface area contributed by atoms with Crippen LogP contribution in [-0.2, 0) is 11.3 Å². The Bertz CT molecular complexity index is 1160. The average molecular weight is 452 g/mol. The first-order valence-corrected chi connectivity index (χ1v) is 12.0. The van der Waals surface area contributed by atoms with Crippen molar-refractivity contribution in [1.82, 2.24) is 19.3 Å². The Labute approximate surface area is 192 Å². The molecule has 4 rings (SSSR count). The van der Waals surface area contributed by atoms with Crippen LogP contribution in [0.2, 0.25) is 0 Å². The van der Waals surface area contributed by atoms with Gasteiger partial charge in [-0.05, 0) is 57.4 Å². The summed E-state index contributed by atoms with van der Waals surface area (Å²) in [5.74, 6) is 1.59. The van der Waals surface area contributed by atoms with Gasteiger partial charge in [0.1, 0.15) is 5.82 Å². The van der Waals surface area contributed by atoms with Gasteiger partial charge in [0.2, 0.25) is 5.91 Å². The first-order chi connectivity index (χ1) is 15.4. The van der Waals surface area contributed by atoms with Gasteiger partial charge in [0.25, 0.3) is 0 Å². The van der Waals surface area contributed by atoms with Crippen LogP contribution in [-0.4, -0.2) is 36.8 Å². The average Bonchev–Trinajstić information content (AvgIpc) is 3.45. The summed E-state index contributed by atoms with van der Waals surface area (Å²) < 4.78 is 4.24. The molecule has 1 aromatic carbocycles. The highest BCUT2D eigenvalue weighted by Gasteiger charge is 2.31. The minimum Gasteiger partial charge on any atom is -0.348 e. The number of nitrogens with one attached hydrogen (secondary N) is 1. The number of hydrogen-bond donors (Lipinski definition) is 1. The van der Waals surface area contributed by atoms with Gasteiger partial charge in [-0.15, -0.1) is 10.2 Å². The molecule has 1 fully saturated rings. The van der Waals surface area contributed by atoms with Crippen molar-refractivity contribution in [2.45, 2.75) is 64.6 Å². The van der Waals surface area contributed by atoms with Crippen molar-refractivity contribution < 1.29 is 9.59 Å². The SMILES string of the molecule is CCCn1c(C)cc(C(=O)CSc2nnc(C3CC3)n2-c2cccc(NC(C)=O)c2)c1C. The maximum absolute atomic E-state index is 13.0. The summed E-state index contributed by atoms with van der Waals surface area (Å²) in [6.45, 7) is 8.61. The number of carbonyl (C=O) groups excluding carboxylic acids is 2. The third-order valence-corrected chi connectivity index (χ3v) is 6.61. The second-order valence-corrected chi connectivity index (χ2v) is 9.27. The van der Waals surface area contributed by atoms with Crippen molar-refractivity contribution in [3.8, 4) is 5.69 Å². The zero-order chi connectivity index (χ0) is 22.8.